The molecule has 0 aromatic heterocycles. The molecule has 0 N–H and O–H groups in total. The van der Waals surface area contributed by atoms with Gasteiger partial charge in [0.1, 0.15) is 0 Å². The number of sulfonamides is 1. The van der Waals surface area contributed by atoms with E-state index in [0.29, 0.717) is 5.69 Å². The Morgan fingerprint density at radius 2 is 1.58 bits per heavy atom. The highest BCUT2D eigenvalue weighted by molar-refractivity contribution is 7.89. The van der Waals surface area contributed by atoms with Crippen LogP contribution in [0.2, 0.25) is 0 Å². The summed E-state index contributed by atoms with van der Waals surface area (Å²) in [4.78, 5) is 4.06. The molecule has 0 saturated carbocycles. The first kappa shape index (κ1) is 16.0. The Labute approximate surface area is 120 Å². The van der Waals surface area contributed by atoms with Crippen LogP contribution in [0, 0.1) is 0 Å². The molecule has 0 fully saturated rings. The second-order valence-electron chi connectivity index (χ2n) is 4.72. The van der Waals surface area contributed by atoms with Crippen molar-refractivity contribution < 1.29 is 8.42 Å². The molecule has 1 aromatic carbocycles. The van der Waals surface area contributed by atoms with Crippen LogP contribution in [-0.4, -0.2) is 30.0 Å². The fourth-order valence-electron chi connectivity index (χ4n) is 2.02. The van der Waals surface area contributed by atoms with E-state index in [1.807, 2.05) is 27.7 Å². The Morgan fingerprint density at radius 1 is 1.11 bits per heavy atom. The van der Waals surface area contributed by atoms with Gasteiger partial charge >= 0.3 is 0 Å². The van der Waals surface area contributed by atoms with Gasteiger partial charge in [-0.25, -0.2) is 8.42 Å². The van der Waals surface area contributed by atoms with Gasteiger partial charge < -0.3 is 0 Å². The maximum atomic E-state index is 12.5. The fraction of sp³-hybridized carbons (Fsp3) is 0.462. The van der Waals surface area contributed by atoms with E-state index in [2.05, 4.69) is 22.4 Å². The zero-order chi connectivity index (χ0) is 14.6. The second-order valence-corrected chi connectivity index (χ2v) is 6.75. The lowest BCUT2D eigenvalue weighted by Crippen LogP contribution is -2.41. The summed E-state index contributed by atoms with van der Waals surface area (Å²) in [6.07, 6.45) is 0. The van der Waals surface area contributed by atoms with E-state index in [-0.39, 0.29) is 17.0 Å². The van der Waals surface area contributed by atoms with Crippen molar-refractivity contribution in [1.82, 2.24) is 4.31 Å². The number of thiocarbonyl (C=S) groups is 1. The quantitative estimate of drug-likeness (QED) is 0.619. The van der Waals surface area contributed by atoms with Crippen LogP contribution in [0.3, 0.4) is 0 Å². The van der Waals surface area contributed by atoms with Crippen molar-refractivity contribution in [3.8, 4) is 0 Å². The van der Waals surface area contributed by atoms with E-state index in [4.69, 9.17) is 0 Å². The molecule has 19 heavy (non-hydrogen) atoms. The molecule has 4 nitrogen and oxygen atoms in total. The van der Waals surface area contributed by atoms with Crippen LogP contribution in [0.25, 0.3) is 0 Å². The number of nitrogens with zero attached hydrogens (tertiary/aromatic N) is 2. The summed E-state index contributed by atoms with van der Waals surface area (Å²) < 4.78 is 26.6. The third kappa shape index (κ3) is 3.70. The SMILES string of the molecule is CC(C)N(C(C)C)S(=O)(=O)c1ccc(N=C=S)cc1. The van der Waals surface area contributed by atoms with E-state index in [0.717, 1.165) is 0 Å². The van der Waals surface area contributed by atoms with Crippen LogP contribution in [0.1, 0.15) is 27.7 Å². The topological polar surface area (TPSA) is 49.7 Å². The number of hydrogen-bond acceptors (Lipinski definition) is 4. The van der Waals surface area contributed by atoms with E-state index in [9.17, 15) is 8.42 Å². The maximum Gasteiger partial charge on any atom is 0.243 e. The van der Waals surface area contributed by atoms with Crippen molar-refractivity contribution in [2.24, 2.45) is 4.99 Å². The van der Waals surface area contributed by atoms with Gasteiger partial charge in [0.15, 0.2) is 0 Å². The summed E-state index contributed by atoms with van der Waals surface area (Å²) in [5, 5.41) is 2.25. The van der Waals surface area contributed by atoms with Crippen molar-refractivity contribution in [3.63, 3.8) is 0 Å². The van der Waals surface area contributed by atoms with E-state index >= 15 is 0 Å². The van der Waals surface area contributed by atoms with Crippen LogP contribution in [0.5, 0.6) is 0 Å². The minimum atomic E-state index is -3.49. The molecule has 0 spiro atoms. The Balaban J connectivity index is 3.22. The third-order valence-corrected chi connectivity index (χ3v) is 4.96. The summed E-state index contributed by atoms with van der Waals surface area (Å²) in [6.45, 7) is 7.45. The molecule has 0 aliphatic heterocycles. The number of aliphatic imine (C=N–C) groups is 1. The Kier molecular flexibility index (Phi) is 5.38. The Morgan fingerprint density at radius 3 is 1.95 bits per heavy atom. The Bertz CT molecular complexity index is 563. The van der Waals surface area contributed by atoms with E-state index in [1.54, 1.807) is 24.3 Å². The van der Waals surface area contributed by atoms with Crippen LogP contribution >= 0.6 is 12.2 Å². The molecular weight excluding hydrogens is 280 g/mol. The summed E-state index contributed by atoms with van der Waals surface area (Å²) >= 11 is 4.51. The van der Waals surface area contributed by atoms with Crippen molar-refractivity contribution in [3.05, 3.63) is 24.3 Å². The normalized spacial score (nSPS) is 11.9. The average molecular weight is 298 g/mol. The van der Waals surface area contributed by atoms with Crippen molar-refractivity contribution >= 4 is 33.1 Å². The second kappa shape index (κ2) is 6.39. The number of hydrogen-bond donors (Lipinski definition) is 0. The van der Waals surface area contributed by atoms with Crippen LogP contribution < -0.4 is 0 Å². The minimum Gasteiger partial charge on any atom is -0.207 e. The zero-order valence-corrected chi connectivity index (χ0v) is 13.1. The summed E-state index contributed by atoms with van der Waals surface area (Å²) in [5.41, 5.74) is 0.592. The monoisotopic (exact) mass is 298 g/mol. The molecule has 0 amide bonds. The molecule has 0 heterocycles. The molecule has 0 radical (unpaired) electrons. The highest BCUT2D eigenvalue weighted by atomic mass is 32.2. The molecule has 0 bridgehead atoms. The molecule has 6 heteroatoms. The number of rotatable bonds is 5. The summed E-state index contributed by atoms with van der Waals surface area (Å²) in [5.74, 6) is 0. The smallest absolute Gasteiger partial charge is 0.207 e. The van der Waals surface area contributed by atoms with Gasteiger partial charge in [-0.05, 0) is 64.2 Å². The molecule has 1 aromatic rings. The minimum absolute atomic E-state index is 0.0938. The highest BCUT2D eigenvalue weighted by Gasteiger charge is 2.29. The first-order valence-corrected chi connectivity index (χ1v) is 7.87. The van der Waals surface area contributed by atoms with Crippen molar-refractivity contribution in [2.75, 3.05) is 0 Å². The van der Waals surface area contributed by atoms with Gasteiger partial charge in [0, 0.05) is 12.1 Å². The molecule has 0 atom stereocenters. The van der Waals surface area contributed by atoms with Gasteiger partial charge in [0.2, 0.25) is 10.0 Å². The summed E-state index contributed by atoms with van der Waals surface area (Å²) in [7, 11) is -3.49. The van der Waals surface area contributed by atoms with Gasteiger partial charge in [-0.3, -0.25) is 0 Å². The molecule has 1 rings (SSSR count). The van der Waals surface area contributed by atoms with Crippen LogP contribution in [0.15, 0.2) is 34.2 Å². The summed E-state index contributed by atoms with van der Waals surface area (Å²) in [6, 6.07) is 6.13. The predicted octanol–water partition coefficient (Wildman–Crippen LogP) is 3.23. The van der Waals surface area contributed by atoms with E-state index < -0.39 is 10.0 Å². The van der Waals surface area contributed by atoms with E-state index in [1.165, 1.54) is 4.31 Å². The molecule has 0 saturated heterocycles. The number of benzene rings is 1. The van der Waals surface area contributed by atoms with Gasteiger partial charge in [-0.1, -0.05) is 0 Å². The lowest BCUT2D eigenvalue weighted by Gasteiger charge is -2.29. The first-order valence-electron chi connectivity index (χ1n) is 6.02. The third-order valence-electron chi connectivity index (χ3n) is 2.60. The van der Waals surface area contributed by atoms with Gasteiger partial charge in [0.25, 0.3) is 0 Å². The molecule has 0 aliphatic carbocycles. The zero-order valence-electron chi connectivity index (χ0n) is 11.5. The highest BCUT2D eigenvalue weighted by Crippen LogP contribution is 2.23. The maximum absolute atomic E-state index is 12.5. The average Bonchev–Trinajstić information content (AvgIpc) is 2.28. The van der Waals surface area contributed by atoms with Crippen molar-refractivity contribution in [2.45, 2.75) is 44.7 Å². The Hall–Kier alpha value is -1.07. The number of isothiocyanates is 1. The lowest BCUT2D eigenvalue weighted by atomic mass is 10.3. The van der Waals surface area contributed by atoms with Crippen molar-refractivity contribution in [1.29, 1.82) is 0 Å². The largest absolute Gasteiger partial charge is 0.243 e. The molecule has 0 unspecified atom stereocenters. The van der Waals surface area contributed by atoms with Crippen LogP contribution in [-0.2, 0) is 10.0 Å². The standard InChI is InChI=1S/C13H18N2O2S2/c1-10(2)15(11(3)4)19(16,17)13-7-5-12(6-8-13)14-9-18/h5-8,10-11H,1-4H3. The van der Waals surface area contributed by atoms with Gasteiger partial charge in [-0.15, -0.1) is 0 Å². The molecule has 0 aliphatic rings. The van der Waals surface area contributed by atoms with Crippen LogP contribution in [0.4, 0.5) is 5.69 Å². The molecule has 104 valence electrons. The lowest BCUT2D eigenvalue weighted by molar-refractivity contribution is 0.302. The van der Waals surface area contributed by atoms with Gasteiger partial charge in [-0.2, -0.15) is 9.30 Å². The van der Waals surface area contributed by atoms with Gasteiger partial charge in [0.05, 0.1) is 15.7 Å². The predicted molar refractivity (Wildman–Crippen MR) is 80.4 cm³/mol. The fourth-order valence-corrected chi connectivity index (χ4v) is 3.96. The first-order chi connectivity index (χ1) is 8.80. The molecular formula is C13H18N2O2S2.